The third-order valence-corrected chi connectivity index (χ3v) is 2.50. The molecule has 2 aromatic heterocycles. The van der Waals surface area contributed by atoms with E-state index in [1.165, 1.54) is 6.33 Å². The molecule has 0 spiro atoms. The van der Waals surface area contributed by atoms with Crippen LogP contribution in [0.3, 0.4) is 0 Å². The number of aromatic nitrogens is 3. The highest BCUT2D eigenvalue weighted by atomic mass is 16.5. The zero-order chi connectivity index (χ0) is 10.8. The summed E-state index contributed by atoms with van der Waals surface area (Å²) in [6.07, 6.45) is 1.48. The average molecular weight is 206 g/mol. The first-order valence-electron chi connectivity index (χ1n) is 4.84. The van der Waals surface area contributed by atoms with Gasteiger partial charge in [0.1, 0.15) is 11.8 Å². The van der Waals surface area contributed by atoms with Gasteiger partial charge in [-0.2, -0.15) is 10.1 Å². The molecule has 2 rings (SSSR count). The van der Waals surface area contributed by atoms with E-state index < -0.39 is 0 Å². The Morgan fingerprint density at radius 1 is 1.53 bits per heavy atom. The molecule has 5 heteroatoms. The number of hydrogen-bond donors (Lipinski definition) is 1. The van der Waals surface area contributed by atoms with Crippen molar-refractivity contribution in [3.05, 3.63) is 24.2 Å². The van der Waals surface area contributed by atoms with Gasteiger partial charge < -0.3 is 10.5 Å². The minimum atomic E-state index is 0.270. The molecule has 0 aliphatic rings. The molecule has 5 nitrogen and oxygen atoms in total. The summed E-state index contributed by atoms with van der Waals surface area (Å²) in [5, 5.41) is 4.19. The van der Waals surface area contributed by atoms with Crippen LogP contribution in [0.2, 0.25) is 0 Å². The lowest BCUT2D eigenvalue weighted by Crippen LogP contribution is -2.12. The normalized spacial score (nSPS) is 13.0. The fraction of sp³-hybridized carbons (Fsp3) is 0.400. The van der Waals surface area contributed by atoms with Gasteiger partial charge in [-0.05, 0) is 12.1 Å². The molecule has 0 saturated carbocycles. The van der Waals surface area contributed by atoms with Gasteiger partial charge >= 0.3 is 0 Å². The van der Waals surface area contributed by atoms with Gasteiger partial charge in [0.25, 0.3) is 0 Å². The Hall–Kier alpha value is -1.62. The van der Waals surface area contributed by atoms with Crippen molar-refractivity contribution in [3.63, 3.8) is 0 Å². The fourth-order valence-corrected chi connectivity index (χ4v) is 1.58. The van der Waals surface area contributed by atoms with Crippen molar-refractivity contribution in [3.8, 4) is 5.88 Å². The van der Waals surface area contributed by atoms with E-state index in [1.54, 1.807) is 7.11 Å². The second-order valence-electron chi connectivity index (χ2n) is 3.46. The first-order valence-corrected chi connectivity index (χ1v) is 4.84. The molecule has 0 saturated heterocycles. The summed E-state index contributed by atoms with van der Waals surface area (Å²) < 4.78 is 6.97. The van der Waals surface area contributed by atoms with Crippen molar-refractivity contribution in [2.45, 2.75) is 12.8 Å². The number of rotatable bonds is 3. The van der Waals surface area contributed by atoms with Crippen LogP contribution in [0.5, 0.6) is 5.88 Å². The van der Waals surface area contributed by atoms with Gasteiger partial charge in [0, 0.05) is 18.2 Å². The summed E-state index contributed by atoms with van der Waals surface area (Å²) in [4.78, 5) is 4.04. The van der Waals surface area contributed by atoms with Crippen LogP contribution in [-0.2, 0) is 0 Å². The predicted octanol–water partition coefficient (Wildman–Crippen LogP) is 0.800. The summed E-state index contributed by atoms with van der Waals surface area (Å²) in [6, 6.07) is 3.95. The van der Waals surface area contributed by atoms with E-state index in [9.17, 15) is 0 Å². The molecular formula is C10H14N4O. The zero-order valence-corrected chi connectivity index (χ0v) is 8.84. The second kappa shape index (κ2) is 3.86. The highest BCUT2D eigenvalue weighted by Crippen LogP contribution is 2.21. The molecule has 1 unspecified atom stereocenters. The molecule has 2 N–H and O–H groups in total. The Bertz CT molecular complexity index is 465. The van der Waals surface area contributed by atoms with Crippen LogP contribution >= 0.6 is 0 Å². The van der Waals surface area contributed by atoms with E-state index in [0.717, 1.165) is 11.2 Å². The van der Waals surface area contributed by atoms with Crippen LogP contribution in [-0.4, -0.2) is 28.3 Å². The molecule has 1 atom stereocenters. The van der Waals surface area contributed by atoms with E-state index >= 15 is 0 Å². The minimum Gasteiger partial charge on any atom is -0.479 e. The fourth-order valence-electron chi connectivity index (χ4n) is 1.58. The second-order valence-corrected chi connectivity index (χ2v) is 3.46. The number of nitrogens with two attached hydrogens (primary N) is 1. The van der Waals surface area contributed by atoms with Crippen molar-refractivity contribution < 1.29 is 4.74 Å². The highest BCUT2D eigenvalue weighted by Gasteiger charge is 2.12. The van der Waals surface area contributed by atoms with Gasteiger partial charge in [0.15, 0.2) is 0 Å². The highest BCUT2D eigenvalue weighted by molar-refractivity contribution is 5.57. The summed E-state index contributed by atoms with van der Waals surface area (Å²) in [7, 11) is 1.60. The van der Waals surface area contributed by atoms with Gasteiger partial charge in [0.2, 0.25) is 5.88 Å². The van der Waals surface area contributed by atoms with E-state index in [2.05, 4.69) is 17.0 Å². The molecule has 0 aliphatic heterocycles. The number of nitrogens with zero attached hydrogens (tertiary/aromatic N) is 3. The van der Waals surface area contributed by atoms with Crippen LogP contribution in [0.4, 0.5) is 0 Å². The zero-order valence-electron chi connectivity index (χ0n) is 8.84. The summed E-state index contributed by atoms with van der Waals surface area (Å²) in [5.41, 5.74) is 7.58. The van der Waals surface area contributed by atoms with E-state index in [1.807, 2.05) is 16.6 Å². The lowest BCUT2D eigenvalue weighted by atomic mass is 10.1. The molecule has 2 heterocycles. The number of fused-ring (bicyclic) bond motifs is 1. The van der Waals surface area contributed by atoms with Crippen LogP contribution in [0, 0.1) is 0 Å². The Kier molecular flexibility index (Phi) is 2.55. The van der Waals surface area contributed by atoms with Crippen LogP contribution in [0.25, 0.3) is 5.52 Å². The molecule has 15 heavy (non-hydrogen) atoms. The van der Waals surface area contributed by atoms with Crippen molar-refractivity contribution in [1.29, 1.82) is 0 Å². The minimum absolute atomic E-state index is 0.270. The summed E-state index contributed by atoms with van der Waals surface area (Å²) in [5.74, 6) is 0.854. The molecule has 0 fully saturated rings. The van der Waals surface area contributed by atoms with Gasteiger partial charge in [-0.1, -0.05) is 6.92 Å². The Morgan fingerprint density at radius 2 is 2.33 bits per heavy atom. The third kappa shape index (κ3) is 1.55. The standard InChI is InChI=1S/C10H14N4O/c1-7(5-11)8-3-4-9-10(15-2)12-6-13-14(8)9/h3-4,6-7H,5,11H2,1-2H3. The molecule has 0 amide bonds. The van der Waals surface area contributed by atoms with Gasteiger partial charge in [-0.3, -0.25) is 0 Å². The topological polar surface area (TPSA) is 65.4 Å². The largest absolute Gasteiger partial charge is 0.479 e. The van der Waals surface area contributed by atoms with Crippen molar-refractivity contribution in [2.24, 2.45) is 5.73 Å². The maximum atomic E-state index is 5.64. The maximum absolute atomic E-state index is 5.64. The smallest absolute Gasteiger partial charge is 0.241 e. The monoisotopic (exact) mass is 206 g/mol. The van der Waals surface area contributed by atoms with Crippen LogP contribution < -0.4 is 10.5 Å². The van der Waals surface area contributed by atoms with E-state index in [4.69, 9.17) is 10.5 Å². The number of hydrogen-bond acceptors (Lipinski definition) is 4. The Morgan fingerprint density at radius 3 is 3.00 bits per heavy atom. The predicted molar refractivity (Wildman–Crippen MR) is 57.0 cm³/mol. The van der Waals surface area contributed by atoms with Crippen LogP contribution in [0.1, 0.15) is 18.5 Å². The SMILES string of the molecule is COc1ncnn2c(C(C)CN)ccc12. The maximum Gasteiger partial charge on any atom is 0.241 e. The molecule has 0 radical (unpaired) electrons. The average Bonchev–Trinajstić information content (AvgIpc) is 2.71. The molecule has 0 aromatic carbocycles. The lowest BCUT2D eigenvalue weighted by Gasteiger charge is -2.08. The van der Waals surface area contributed by atoms with Gasteiger partial charge in [-0.15, -0.1) is 0 Å². The van der Waals surface area contributed by atoms with Gasteiger partial charge in [0.05, 0.1) is 7.11 Å². The van der Waals surface area contributed by atoms with Crippen molar-refractivity contribution in [1.82, 2.24) is 14.6 Å². The van der Waals surface area contributed by atoms with Crippen molar-refractivity contribution >= 4 is 5.52 Å². The first kappa shape index (κ1) is 9.92. The first-order chi connectivity index (χ1) is 7.27. The Balaban J connectivity index is 2.60. The van der Waals surface area contributed by atoms with E-state index in [0.29, 0.717) is 12.4 Å². The van der Waals surface area contributed by atoms with Crippen LogP contribution in [0.15, 0.2) is 18.5 Å². The lowest BCUT2D eigenvalue weighted by molar-refractivity contribution is 0.398. The molecular weight excluding hydrogens is 192 g/mol. The summed E-state index contributed by atoms with van der Waals surface area (Å²) in [6.45, 7) is 2.66. The van der Waals surface area contributed by atoms with Gasteiger partial charge in [-0.25, -0.2) is 4.52 Å². The Labute approximate surface area is 87.9 Å². The number of methoxy groups -OCH3 is 1. The van der Waals surface area contributed by atoms with E-state index in [-0.39, 0.29) is 5.92 Å². The molecule has 80 valence electrons. The quantitative estimate of drug-likeness (QED) is 0.806. The number of ether oxygens (including phenoxy) is 1. The third-order valence-electron chi connectivity index (χ3n) is 2.50. The summed E-state index contributed by atoms with van der Waals surface area (Å²) >= 11 is 0. The van der Waals surface area contributed by atoms with Crippen molar-refractivity contribution in [2.75, 3.05) is 13.7 Å². The molecule has 0 bridgehead atoms. The molecule has 0 aliphatic carbocycles. The molecule has 2 aromatic rings.